The maximum atomic E-state index is 13.0. The number of anilines is 1. The van der Waals surface area contributed by atoms with Gasteiger partial charge in [0.15, 0.2) is 0 Å². The van der Waals surface area contributed by atoms with Crippen LogP contribution >= 0.6 is 0 Å². The third-order valence-electron chi connectivity index (χ3n) is 6.01. The minimum Gasteiger partial charge on any atom is -0.323 e. The van der Waals surface area contributed by atoms with E-state index in [0.29, 0.717) is 13.0 Å². The summed E-state index contributed by atoms with van der Waals surface area (Å²) in [5.74, 6) is 1.25. The second kappa shape index (κ2) is 7.45. The van der Waals surface area contributed by atoms with Gasteiger partial charge in [-0.15, -0.1) is 0 Å². The molecule has 1 fully saturated rings. The van der Waals surface area contributed by atoms with Crippen LogP contribution in [0.25, 0.3) is 11.0 Å². The standard InChI is InChI=1S/C26H25N3O/c1-18-12-13-19(2)24(14-18)28-17-21(15-25(28)30)26-27-22-10-6-7-11-23(22)29(26)16-20-8-4-3-5-9-20/h3-14,21H,15-17H2,1-2H3. The summed E-state index contributed by atoms with van der Waals surface area (Å²) in [4.78, 5) is 19.9. The minimum absolute atomic E-state index is 0.0773. The molecule has 0 aliphatic carbocycles. The zero-order valence-corrected chi connectivity index (χ0v) is 17.4. The van der Waals surface area contributed by atoms with Crippen molar-refractivity contribution in [1.82, 2.24) is 9.55 Å². The van der Waals surface area contributed by atoms with Crippen molar-refractivity contribution in [3.05, 3.63) is 95.3 Å². The molecule has 0 bridgehead atoms. The van der Waals surface area contributed by atoms with Crippen LogP contribution in [0.15, 0.2) is 72.8 Å². The Morgan fingerprint density at radius 3 is 2.57 bits per heavy atom. The molecule has 5 rings (SSSR count). The second-order valence-electron chi connectivity index (χ2n) is 8.23. The zero-order valence-electron chi connectivity index (χ0n) is 17.4. The molecule has 1 atom stereocenters. The highest BCUT2D eigenvalue weighted by Crippen LogP contribution is 2.35. The fraction of sp³-hybridized carbons (Fsp3) is 0.231. The molecule has 2 heterocycles. The van der Waals surface area contributed by atoms with Gasteiger partial charge in [0.1, 0.15) is 5.82 Å². The number of carbonyl (C=O) groups excluding carboxylic acids is 1. The van der Waals surface area contributed by atoms with Crippen LogP contribution in [0, 0.1) is 13.8 Å². The molecule has 1 saturated heterocycles. The number of fused-ring (bicyclic) bond motifs is 1. The summed E-state index contributed by atoms with van der Waals surface area (Å²) in [6, 6.07) is 25.0. The number of para-hydroxylation sites is 2. The summed E-state index contributed by atoms with van der Waals surface area (Å²) in [5, 5.41) is 0. The summed E-state index contributed by atoms with van der Waals surface area (Å²) in [6.07, 6.45) is 0.492. The van der Waals surface area contributed by atoms with Gasteiger partial charge in [0, 0.05) is 31.1 Å². The third kappa shape index (κ3) is 3.28. The number of nitrogens with zero attached hydrogens (tertiary/aromatic N) is 3. The molecule has 1 aliphatic rings. The molecule has 30 heavy (non-hydrogen) atoms. The van der Waals surface area contributed by atoms with Crippen LogP contribution in [0.1, 0.15) is 34.9 Å². The highest BCUT2D eigenvalue weighted by atomic mass is 16.2. The van der Waals surface area contributed by atoms with Gasteiger partial charge in [0.05, 0.1) is 11.0 Å². The summed E-state index contributed by atoms with van der Waals surface area (Å²) >= 11 is 0. The van der Waals surface area contributed by atoms with Crippen LogP contribution in [-0.2, 0) is 11.3 Å². The Kier molecular flexibility index (Phi) is 4.62. The van der Waals surface area contributed by atoms with Crippen molar-refractivity contribution in [2.75, 3.05) is 11.4 Å². The smallest absolute Gasteiger partial charge is 0.227 e. The molecule has 1 unspecified atom stereocenters. The van der Waals surface area contributed by atoms with Gasteiger partial charge in [0.2, 0.25) is 5.91 Å². The normalized spacial score (nSPS) is 16.5. The van der Waals surface area contributed by atoms with Gasteiger partial charge in [-0.3, -0.25) is 4.79 Å². The average Bonchev–Trinajstić information content (AvgIpc) is 3.31. The number of amides is 1. The SMILES string of the molecule is Cc1ccc(C)c(N2CC(c3nc4ccccc4n3Cc3ccccc3)CC2=O)c1. The predicted molar refractivity (Wildman–Crippen MR) is 121 cm³/mol. The molecular weight excluding hydrogens is 370 g/mol. The molecule has 1 aromatic heterocycles. The molecule has 1 amide bonds. The van der Waals surface area contributed by atoms with Crippen LogP contribution in [0.2, 0.25) is 0 Å². The van der Waals surface area contributed by atoms with Gasteiger partial charge in [0.25, 0.3) is 0 Å². The molecule has 150 valence electrons. The molecule has 4 nitrogen and oxygen atoms in total. The van der Waals surface area contributed by atoms with Gasteiger partial charge in [-0.05, 0) is 48.7 Å². The lowest BCUT2D eigenvalue weighted by atomic mass is 10.1. The largest absolute Gasteiger partial charge is 0.323 e. The lowest BCUT2D eigenvalue weighted by Gasteiger charge is -2.20. The van der Waals surface area contributed by atoms with E-state index in [1.165, 1.54) is 11.1 Å². The molecule has 1 aliphatic heterocycles. The molecule has 4 aromatic rings. The quantitative estimate of drug-likeness (QED) is 0.475. The number of aromatic nitrogens is 2. The van der Waals surface area contributed by atoms with Crippen LogP contribution < -0.4 is 4.90 Å². The van der Waals surface area contributed by atoms with E-state index in [4.69, 9.17) is 4.98 Å². The monoisotopic (exact) mass is 395 g/mol. The van der Waals surface area contributed by atoms with Crippen molar-refractivity contribution >= 4 is 22.6 Å². The molecule has 0 radical (unpaired) electrons. The van der Waals surface area contributed by atoms with Crippen LogP contribution in [-0.4, -0.2) is 22.0 Å². The number of hydrogen-bond acceptors (Lipinski definition) is 2. The Labute approximate surface area is 176 Å². The van der Waals surface area contributed by atoms with E-state index in [0.717, 1.165) is 34.7 Å². The van der Waals surface area contributed by atoms with Crippen molar-refractivity contribution in [2.45, 2.75) is 32.7 Å². The highest BCUT2D eigenvalue weighted by Gasteiger charge is 2.35. The molecule has 0 N–H and O–H groups in total. The predicted octanol–water partition coefficient (Wildman–Crippen LogP) is 5.22. The van der Waals surface area contributed by atoms with E-state index in [9.17, 15) is 4.79 Å². The third-order valence-corrected chi connectivity index (χ3v) is 6.01. The Bertz CT molecular complexity index is 1230. The summed E-state index contributed by atoms with van der Waals surface area (Å²) < 4.78 is 2.29. The number of imidazole rings is 1. The Hall–Kier alpha value is -3.40. The molecule has 4 heteroatoms. The van der Waals surface area contributed by atoms with Gasteiger partial charge < -0.3 is 9.47 Å². The first-order valence-corrected chi connectivity index (χ1v) is 10.5. The first-order valence-electron chi connectivity index (χ1n) is 10.5. The number of aryl methyl sites for hydroxylation is 2. The van der Waals surface area contributed by atoms with E-state index in [1.54, 1.807) is 0 Å². The summed E-state index contributed by atoms with van der Waals surface area (Å²) in [6.45, 7) is 5.56. The highest BCUT2D eigenvalue weighted by molar-refractivity contribution is 5.97. The van der Waals surface area contributed by atoms with Crippen molar-refractivity contribution in [1.29, 1.82) is 0 Å². The van der Waals surface area contributed by atoms with E-state index in [-0.39, 0.29) is 11.8 Å². The van der Waals surface area contributed by atoms with Gasteiger partial charge in [-0.2, -0.15) is 0 Å². The lowest BCUT2D eigenvalue weighted by molar-refractivity contribution is -0.117. The van der Waals surface area contributed by atoms with Crippen molar-refractivity contribution in [2.24, 2.45) is 0 Å². The number of benzene rings is 3. The number of hydrogen-bond donors (Lipinski definition) is 0. The van der Waals surface area contributed by atoms with E-state index < -0.39 is 0 Å². The Morgan fingerprint density at radius 2 is 1.73 bits per heavy atom. The molecular formula is C26H25N3O. The maximum absolute atomic E-state index is 13.0. The first kappa shape index (κ1) is 18.6. The van der Waals surface area contributed by atoms with Crippen LogP contribution in [0.4, 0.5) is 5.69 Å². The molecule has 0 spiro atoms. The van der Waals surface area contributed by atoms with Gasteiger partial charge in [-0.1, -0.05) is 54.6 Å². The van der Waals surface area contributed by atoms with Crippen molar-refractivity contribution in [3.8, 4) is 0 Å². The molecule has 3 aromatic carbocycles. The summed E-state index contributed by atoms with van der Waals surface area (Å²) in [5.41, 5.74) is 6.66. The van der Waals surface area contributed by atoms with E-state index >= 15 is 0 Å². The van der Waals surface area contributed by atoms with E-state index in [2.05, 4.69) is 79.1 Å². The Balaban J connectivity index is 1.54. The molecule has 0 saturated carbocycles. The lowest BCUT2D eigenvalue weighted by Crippen LogP contribution is -2.25. The van der Waals surface area contributed by atoms with Crippen molar-refractivity contribution < 1.29 is 4.79 Å². The first-order chi connectivity index (χ1) is 14.6. The number of rotatable bonds is 4. The number of carbonyl (C=O) groups is 1. The topological polar surface area (TPSA) is 38.1 Å². The fourth-order valence-electron chi connectivity index (χ4n) is 4.46. The van der Waals surface area contributed by atoms with Crippen LogP contribution in [0.5, 0.6) is 0 Å². The zero-order chi connectivity index (χ0) is 20.7. The van der Waals surface area contributed by atoms with Gasteiger partial charge >= 0.3 is 0 Å². The average molecular weight is 396 g/mol. The van der Waals surface area contributed by atoms with Crippen LogP contribution in [0.3, 0.4) is 0 Å². The van der Waals surface area contributed by atoms with Gasteiger partial charge in [-0.25, -0.2) is 4.98 Å². The fourth-order valence-corrected chi connectivity index (χ4v) is 4.46. The second-order valence-corrected chi connectivity index (χ2v) is 8.23. The Morgan fingerprint density at radius 1 is 0.967 bits per heavy atom. The van der Waals surface area contributed by atoms with E-state index in [1.807, 2.05) is 17.0 Å². The van der Waals surface area contributed by atoms with Crippen molar-refractivity contribution in [3.63, 3.8) is 0 Å². The summed E-state index contributed by atoms with van der Waals surface area (Å²) in [7, 11) is 0. The minimum atomic E-state index is 0.0773. The maximum Gasteiger partial charge on any atom is 0.227 e.